The van der Waals surface area contributed by atoms with Crippen molar-refractivity contribution >= 4 is 23.0 Å². The molecule has 124 valence electrons. The fraction of sp³-hybridized carbons (Fsp3) is 0.250. The first-order valence-corrected chi connectivity index (χ1v) is 8.12. The van der Waals surface area contributed by atoms with Crippen molar-refractivity contribution < 1.29 is 9.53 Å². The van der Waals surface area contributed by atoms with Gasteiger partial charge in [0.2, 0.25) is 0 Å². The number of pyridine rings is 1. The van der Waals surface area contributed by atoms with Crippen LogP contribution in [0.25, 0.3) is 5.65 Å². The first-order chi connectivity index (χ1) is 11.5. The number of ether oxygens (including phenoxy) is 1. The average Bonchev–Trinajstić information content (AvgIpc) is 2.84. The molecule has 7 nitrogen and oxygen atoms in total. The topological polar surface area (TPSA) is 82.7 Å². The highest BCUT2D eigenvalue weighted by atomic mass is 32.1. The van der Waals surface area contributed by atoms with Gasteiger partial charge in [0.15, 0.2) is 0 Å². The van der Waals surface area contributed by atoms with Gasteiger partial charge in [-0.15, -0.1) is 0 Å². The van der Waals surface area contributed by atoms with Crippen LogP contribution in [-0.4, -0.2) is 19.9 Å². The number of thiazole rings is 1. The number of carbonyl (C=O) groups excluding carboxylic acids is 1. The highest BCUT2D eigenvalue weighted by Crippen LogP contribution is 2.05. The lowest BCUT2D eigenvalue weighted by atomic mass is 10.3. The third-order valence-corrected chi connectivity index (χ3v) is 4.46. The van der Waals surface area contributed by atoms with E-state index in [2.05, 4.69) is 4.98 Å². The normalized spacial score (nSPS) is 10.9. The van der Waals surface area contributed by atoms with Gasteiger partial charge in [0.05, 0.1) is 5.69 Å². The third kappa shape index (κ3) is 3.13. The lowest BCUT2D eigenvalue weighted by molar-refractivity contribution is -0.145. The van der Waals surface area contributed by atoms with Crippen molar-refractivity contribution in [3.8, 4) is 0 Å². The Morgan fingerprint density at radius 1 is 1.25 bits per heavy atom. The second-order valence-electron chi connectivity index (χ2n) is 5.34. The molecule has 0 aromatic carbocycles. The van der Waals surface area contributed by atoms with E-state index in [4.69, 9.17) is 4.74 Å². The first-order valence-electron chi connectivity index (χ1n) is 7.24. The van der Waals surface area contributed by atoms with Crippen LogP contribution in [0.15, 0.2) is 39.2 Å². The zero-order valence-corrected chi connectivity index (χ0v) is 14.0. The summed E-state index contributed by atoms with van der Waals surface area (Å²) in [6.07, 6.45) is 0. The minimum atomic E-state index is -0.551. The summed E-state index contributed by atoms with van der Waals surface area (Å²) in [4.78, 5) is 39.8. The highest BCUT2D eigenvalue weighted by molar-refractivity contribution is 7.07. The summed E-state index contributed by atoms with van der Waals surface area (Å²) < 4.78 is 7.97. The monoisotopic (exact) mass is 345 g/mol. The number of hydrogen-bond acceptors (Lipinski definition) is 6. The highest BCUT2D eigenvalue weighted by Gasteiger charge is 2.11. The molecule has 0 saturated heterocycles. The minimum Gasteiger partial charge on any atom is -0.458 e. The summed E-state index contributed by atoms with van der Waals surface area (Å²) in [5.74, 6) is -0.551. The number of esters is 1. The predicted molar refractivity (Wildman–Crippen MR) is 89.3 cm³/mol. The maximum absolute atomic E-state index is 12.1. The molecule has 3 aromatic heterocycles. The molecular weight excluding hydrogens is 330 g/mol. The SMILES string of the molecule is Cc1csc(=O)n1CC(=O)OCc1cc(=O)n2c(C)cccc2n1. The predicted octanol–water partition coefficient (Wildman–Crippen LogP) is 1.28. The molecule has 0 spiro atoms. The number of fused-ring (bicyclic) bond motifs is 1. The van der Waals surface area contributed by atoms with Crippen molar-refractivity contribution in [1.29, 1.82) is 0 Å². The van der Waals surface area contributed by atoms with Gasteiger partial charge in [0, 0.05) is 22.8 Å². The van der Waals surface area contributed by atoms with Crippen LogP contribution in [0.5, 0.6) is 0 Å². The molecule has 3 rings (SSSR count). The van der Waals surface area contributed by atoms with Crippen molar-refractivity contribution in [2.75, 3.05) is 0 Å². The van der Waals surface area contributed by atoms with E-state index >= 15 is 0 Å². The van der Waals surface area contributed by atoms with Crippen molar-refractivity contribution in [2.45, 2.75) is 27.0 Å². The van der Waals surface area contributed by atoms with Gasteiger partial charge in [-0.25, -0.2) is 4.98 Å². The Morgan fingerprint density at radius 3 is 2.75 bits per heavy atom. The summed E-state index contributed by atoms with van der Waals surface area (Å²) >= 11 is 1.04. The maximum Gasteiger partial charge on any atom is 0.326 e. The Bertz CT molecular complexity index is 1030. The Labute approximate surface area is 140 Å². The lowest BCUT2D eigenvalue weighted by Gasteiger charge is -2.08. The molecule has 0 aliphatic rings. The van der Waals surface area contributed by atoms with E-state index in [0.29, 0.717) is 17.0 Å². The summed E-state index contributed by atoms with van der Waals surface area (Å²) in [7, 11) is 0. The smallest absolute Gasteiger partial charge is 0.326 e. The zero-order valence-electron chi connectivity index (χ0n) is 13.2. The van der Waals surface area contributed by atoms with E-state index in [0.717, 1.165) is 17.0 Å². The molecular formula is C16H15N3O4S. The molecule has 3 aromatic rings. The number of carbonyl (C=O) groups is 1. The number of aryl methyl sites for hydroxylation is 2. The van der Waals surface area contributed by atoms with E-state index < -0.39 is 5.97 Å². The Morgan fingerprint density at radius 2 is 2.04 bits per heavy atom. The standard InChI is InChI=1S/C16H15N3O4S/c1-10-4-3-5-13-17-12(6-14(20)19(10)13)8-23-15(21)7-18-11(2)9-24-16(18)22/h3-6,9H,7-8H2,1-2H3. The van der Waals surface area contributed by atoms with Crippen LogP contribution in [0, 0.1) is 13.8 Å². The molecule has 0 aliphatic heterocycles. The van der Waals surface area contributed by atoms with Crippen LogP contribution in [0.4, 0.5) is 0 Å². The molecule has 0 unspecified atom stereocenters. The van der Waals surface area contributed by atoms with E-state index in [1.807, 2.05) is 13.0 Å². The van der Waals surface area contributed by atoms with E-state index in [1.165, 1.54) is 15.0 Å². The largest absolute Gasteiger partial charge is 0.458 e. The van der Waals surface area contributed by atoms with E-state index in [1.54, 1.807) is 24.4 Å². The van der Waals surface area contributed by atoms with Gasteiger partial charge < -0.3 is 4.74 Å². The molecule has 0 aliphatic carbocycles. The average molecular weight is 345 g/mol. The molecule has 0 N–H and O–H groups in total. The van der Waals surface area contributed by atoms with Gasteiger partial charge in [0.1, 0.15) is 18.8 Å². The second-order valence-corrected chi connectivity index (χ2v) is 6.16. The Balaban J connectivity index is 1.75. The van der Waals surface area contributed by atoms with Crippen LogP contribution in [0.1, 0.15) is 17.1 Å². The van der Waals surface area contributed by atoms with Gasteiger partial charge in [-0.3, -0.25) is 23.4 Å². The molecule has 0 bridgehead atoms. The summed E-state index contributed by atoms with van der Waals surface area (Å²) in [5, 5.41) is 1.68. The van der Waals surface area contributed by atoms with Crippen molar-refractivity contribution in [3.63, 3.8) is 0 Å². The summed E-state index contributed by atoms with van der Waals surface area (Å²) in [5.41, 5.74) is 2.13. The number of nitrogens with zero attached hydrogens (tertiary/aromatic N) is 3. The quantitative estimate of drug-likeness (QED) is 0.665. The Hall–Kier alpha value is -2.74. The Kier molecular flexibility index (Phi) is 4.30. The van der Waals surface area contributed by atoms with Crippen LogP contribution < -0.4 is 10.4 Å². The summed E-state index contributed by atoms with van der Waals surface area (Å²) in [6, 6.07) is 6.68. The summed E-state index contributed by atoms with van der Waals surface area (Å²) in [6.45, 7) is 3.30. The number of hydrogen-bond donors (Lipinski definition) is 0. The van der Waals surface area contributed by atoms with E-state index in [-0.39, 0.29) is 23.6 Å². The van der Waals surface area contributed by atoms with Gasteiger partial charge in [-0.1, -0.05) is 17.4 Å². The zero-order chi connectivity index (χ0) is 17.3. The van der Waals surface area contributed by atoms with Gasteiger partial charge in [-0.05, 0) is 26.0 Å². The van der Waals surface area contributed by atoms with Crippen molar-refractivity contribution in [1.82, 2.24) is 14.0 Å². The number of aromatic nitrogens is 3. The fourth-order valence-corrected chi connectivity index (χ4v) is 3.10. The van der Waals surface area contributed by atoms with Gasteiger partial charge >= 0.3 is 10.8 Å². The number of rotatable bonds is 4. The second kappa shape index (κ2) is 6.40. The maximum atomic E-state index is 12.1. The van der Waals surface area contributed by atoms with Crippen molar-refractivity contribution in [2.24, 2.45) is 0 Å². The molecule has 0 atom stereocenters. The third-order valence-electron chi connectivity index (χ3n) is 3.58. The van der Waals surface area contributed by atoms with Crippen LogP contribution in [-0.2, 0) is 22.7 Å². The lowest BCUT2D eigenvalue weighted by Crippen LogP contribution is -2.23. The van der Waals surface area contributed by atoms with Gasteiger partial charge in [0.25, 0.3) is 5.56 Å². The van der Waals surface area contributed by atoms with Gasteiger partial charge in [-0.2, -0.15) is 0 Å². The van der Waals surface area contributed by atoms with Crippen molar-refractivity contribution in [3.05, 3.63) is 66.7 Å². The molecule has 24 heavy (non-hydrogen) atoms. The fourth-order valence-electron chi connectivity index (χ4n) is 2.36. The van der Waals surface area contributed by atoms with Crippen LogP contribution >= 0.6 is 11.3 Å². The molecule has 0 fully saturated rings. The molecule has 0 saturated carbocycles. The minimum absolute atomic E-state index is 0.115. The molecule has 3 heterocycles. The first kappa shape index (κ1) is 16.1. The van der Waals surface area contributed by atoms with E-state index in [9.17, 15) is 14.4 Å². The van der Waals surface area contributed by atoms with Crippen LogP contribution in [0.3, 0.4) is 0 Å². The van der Waals surface area contributed by atoms with Crippen LogP contribution in [0.2, 0.25) is 0 Å². The molecule has 0 radical (unpaired) electrons. The molecule has 0 amide bonds. The molecule has 8 heteroatoms.